The Morgan fingerprint density at radius 1 is 1.27 bits per heavy atom. The molecule has 0 radical (unpaired) electrons. The predicted octanol–water partition coefficient (Wildman–Crippen LogP) is 2.12. The van der Waals surface area contributed by atoms with E-state index in [-0.39, 0.29) is 11.8 Å². The average molecular weight is 327 g/mol. The van der Waals surface area contributed by atoms with E-state index in [0.717, 1.165) is 4.88 Å². The van der Waals surface area contributed by atoms with Crippen molar-refractivity contribution in [3.05, 3.63) is 11.1 Å². The van der Waals surface area contributed by atoms with Gasteiger partial charge in [-0.2, -0.15) is 0 Å². The van der Waals surface area contributed by atoms with E-state index in [1.165, 1.54) is 11.3 Å². The standard InChI is InChI=1S/C15H25N3O3S/c1-6-10(17-14(21)12(19)9(4)5)13(20)18-15-16-7-11(22-15)8(2)3/h7-10,12,19H,6H2,1-5H3,(H,17,21)(H,16,18,20). The van der Waals surface area contributed by atoms with E-state index in [2.05, 4.69) is 29.5 Å². The molecule has 1 heterocycles. The van der Waals surface area contributed by atoms with Gasteiger partial charge in [-0.3, -0.25) is 9.59 Å². The Kier molecular flexibility index (Phi) is 6.96. The van der Waals surface area contributed by atoms with E-state index in [1.807, 2.05) is 0 Å². The van der Waals surface area contributed by atoms with Gasteiger partial charge in [0.25, 0.3) is 0 Å². The molecule has 1 rings (SSSR count). The van der Waals surface area contributed by atoms with Gasteiger partial charge in [0.2, 0.25) is 11.8 Å². The van der Waals surface area contributed by atoms with Gasteiger partial charge in [0.15, 0.2) is 5.13 Å². The Hall–Kier alpha value is -1.47. The largest absolute Gasteiger partial charge is 0.383 e. The second-order valence-corrected chi connectivity index (χ2v) is 6.93. The summed E-state index contributed by atoms with van der Waals surface area (Å²) in [4.78, 5) is 29.3. The summed E-state index contributed by atoms with van der Waals surface area (Å²) in [7, 11) is 0. The van der Waals surface area contributed by atoms with E-state index in [9.17, 15) is 14.7 Å². The lowest BCUT2D eigenvalue weighted by molar-refractivity contribution is -0.134. The van der Waals surface area contributed by atoms with Crippen LogP contribution >= 0.6 is 11.3 Å². The highest BCUT2D eigenvalue weighted by Crippen LogP contribution is 2.25. The number of carbonyl (C=O) groups is 2. The minimum Gasteiger partial charge on any atom is -0.383 e. The monoisotopic (exact) mass is 327 g/mol. The molecule has 22 heavy (non-hydrogen) atoms. The molecule has 7 heteroatoms. The van der Waals surface area contributed by atoms with Crippen LogP contribution in [0.15, 0.2) is 6.20 Å². The summed E-state index contributed by atoms with van der Waals surface area (Å²) < 4.78 is 0. The van der Waals surface area contributed by atoms with Crippen LogP contribution in [0.2, 0.25) is 0 Å². The zero-order chi connectivity index (χ0) is 16.9. The minimum absolute atomic E-state index is 0.201. The Morgan fingerprint density at radius 2 is 1.91 bits per heavy atom. The van der Waals surface area contributed by atoms with E-state index in [0.29, 0.717) is 17.5 Å². The Bertz CT molecular complexity index is 514. The maximum absolute atomic E-state index is 12.2. The number of rotatable bonds is 7. The van der Waals surface area contributed by atoms with Gasteiger partial charge in [0.1, 0.15) is 12.1 Å². The number of aromatic nitrogens is 1. The molecule has 0 bridgehead atoms. The number of hydrogen-bond donors (Lipinski definition) is 3. The highest BCUT2D eigenvalue weighted by molar-refractivity contribution is 7.15. The summed E-state index contributed by atoms with van der Waals surface area (Å²) in [5.74, 6) is -0.699. The fourth-order valence-electron chi connectivity index (χ4n) is 1.72. The number of amides is 2. The van der Waals surface area contributed by atoms with Gasteiger partial charge in [0, 0.05) is 11.1 Å². The van der Waals surface area contributed by atoms with Crippen LogP contribution in [0, 0.1) is 5.92 Å². The van der Waals surface area contributed by atoms with E-state index >= 15 is 0 Å². The van der Waals surface area contributed by atoms with Crippen LogP contribution in [0.1, 0.15) is 51.8 Å². The maximum atomic E-state index is 12.2. The number of anilines is 1. The Morgan fingerprint density at radius 3 is 2.36 bits per heavy atom. The quantitative estimate of drug-likeness (QED) is 0.715. The van der Waals surface area contributed by atoms with Gasteiger partial charge in [-0.25, -0.2) is 4.98 Å². The molecule has 0 aromatic carbocycles. The predicted molar refractivity (Wildman–Crippen MR) is 87.9 cm³/mol. The molecule has 0 aliphatic carbocycles. The molecule has 1 aromatic rings. The van der Waals surface area contributed by atoms with Crippen LogP contribution in [-0.4, -0.2) is 34.1 Å². The second kappa shape index (κ2) is 8.24. The fraction of sp³-hybridized carbons (Fsp3) is 0.667. The minimum atomic E-state index is -1.12. The highest BCUT2D eigenvalue weighted by Gasteiger charge is 2.25. The molecule has 0 spiro atoms. The topological polar surface area (TPSA) is 91.3 Å². The van der Waals surface area contributed by atoms with Gasteiger partial charge in [-0.15, -0.1) is 11.3 Å². The molecule has 0 aliphatic heterocycles. The van der Waals surface area contributed by atoms with Crippen molar-refractivity contribution in [2.75, 3.05) is 5.32 Å². The normalized spacial score (nSPS) is 14.0. The summed E-state index contributed by atoms with van der Waals surface area (Å²) in [6.45, 7) is 9.40. The van der Waals surface area contributed by atoms with Crippen LogP contribution in [0.4, 0.5) is 5.13 Å². The molecule has 0 fully saturated rings. The molecular weight excluding hydrogens is 302 g/mol. The first kappa shape index (κ1) is 18.6. The van der Waals surface area contributed by atoms with Crippen molar-refractivity contribution in [2.24, 2.45) is 5.92 Å². The van der Waals surface area contributed by atoms with E-state index in [1.54, 1.807) is 27.0 Å². The first-order valence-electron chi connectivity index (χ1n) is 7.51. The summed E-state index contributed by atoms with van der Waals surface area (Å²) >= 11 is 1.42. The SMILES string of the molecule is CCC(NC(=O)C(O)C(C)C)C(=O)Nc1ncc(C(C)C)s1. The average Bonchev–Trinajstić information content (AvgIpc) is 2.91. The van der Waals surface area contributed by atoms with Gasteiger partial charge in [-0.1, -0.05) is 34.6 Å². The van der Waals surface area contributed by atoms with Crippen molar-refractivity contribution >= 4 is 28.3 Å². The first-order valence-corrected chi connectivity index (χ1v) is 8.32. The maximum Gasteiger partial charge on any atom is 0.249 e. The molecule has 0 saturated carbocycles. The number of nitrogens with one attached hydrogen (secondary N) is 2. The van der Waals surface area contributed by atoms with Crippen molar-refractivity contribution in [2.45, 2.75) is 59.1 Å². The number of aliphatic hydroxyl groups excluding tert-OH is 1. The van der Waals surface area contributed by atoms with E-state index < -0.39 is 18.1 Å². The highest BCUT2D eigenvalue weighted by atomic mass is 32.1. The van der Waals surface area contributed by atoms with Crippen LogP contribution in [0.3, 0.4) is 0 Å². The van der Waals surface area contributed by atoms with Gasteiger partial charge in [0.05, 0.1) is 0 Å². The third-order valence-electron chi connectivity index (χ3n) is 3.26. The summed E-state index contributed by atoms with van der Waals surface area (Å²) in [6, 6.07) is -0.688. The lowest BCUT2D eigenvalue weighted by Gasteiger charge is -2.20. The molecular formula is C15H25N3O3S. The van der Waals surface area contributed by atoms with Crippen molar-refractivity contribution < 1.29 is 14.7 Å². The van der Waals surface area contributed by atoms with Crippen LogP contribution < -0.4 is 10.6 Å². The molecule has 6 nitrogen and oxygen atoms in total. The van der Waals surface area contributed by atoms with Gasteiger partial charge in [-0.05, 0) is 18.3 Å². The molecule has 1 aromatic heterocycles. The lowest BCUT2D eigenvalue weighted by atomic mass is 10.1. The molecule has 0 saturated heterocycles. The molecule has 3 N–H and O–H groups in total. The zero-order valence-electron chi connectivity index (χ0n) is 13.7. The smallest absolute Gasteiger partial charge is 0.249 e. The molecule has 124 valence electrons. The summed E-state index contributed by atoms with van der Waals surface area (Å²) in [5.41, 5.74) is 0. The van der Waals surface area contributed by atoms with Crippen molar-refractivity contribution in [1.82, 2.24) is 10.3 Å². The van der Waals surface area contributed by atoms with Crippen LogP contribution in [-0.2, 0) is 9.59 Å². The van der Waals surface area contributed by atoms with E-state index in [4.69, 9.17) is 0 Å². The number of aliphatic hydroxyl groups is 1. The third-order valence-corrected chi connectivity index (χ3v) is 4.48. The number of thiazole rings is 1. The number of nitrogens with zero attached hydrogens (tertiary/aromatic N) is 1. The van der Waals surface area contributed by atoms with Gasteiger partial charge < -0.3 is 15.7 Å². The molecule has 2 amide bonds. The Balaban J connectivity index is 2.66. The number of hydrogen-bond acceptors (Lipinski definition) is 5. The zero-order valence-corrected chi connectivity index (χ0v) is 14.5. The fourth-order valence-corrected chi connectivity index (χ4v) is 2.54. The summed E-state index contributed by atoms with van der Waals surface area (Å²) in [5, 5.41) is 15.5. The van der Waals surface area contributed by atoms with Crippen LogP contribution in [0.25, 0.3) is 0 Å². The first-order chi connectivity index (χ1) is 10.3. The van der Waals surface area contributed by atoms with Crippen molar-refractivity contribution in [3.8, 4) is 0 Å². The third kappa shape index (κ3) is 5.06. The van der Waals surface area contributed by atoms with Crippen molar-refractivity contribution in [1.29, 1.82) is 0 Å². The number of carbonyl (C=O) groups excluding carboxylic acids is 2. The second-order valence-electron chi connectivity index (χ2n) is 5.87. The molecule has 2 atom stereocenters. The van der Waals surface area contributed by atoms with Crippen molar-refractivity contribution in [3.63, 3.8) is 0 Å². The lowest BCUT2D eigenvalue weighted by Crippen LogP contribution is -2.48. The summed E-state index contributed by atoms with van der Waals surface area (Å²) in [6.07, 6.45) is 1.06. The Labute approximate surface area is 135 Å². The van der Waals surface area contributed by atoms with Crippen LogP contribution in [0.5, 0.6) is 0 Å². The molecule has 0 aliphatic rings. The molecule has 2 unspecified atom stereocenters. The van der Waals surface area contributed by atoms with Gasteiger partial charge >= 0.3 is 0 Å².